The number of benzene rings is 1. The summed E-state index contributed by atoms with van der Waals surface area (Å²) < 4.78 is 6.94. The van der Waals surface area contributed by atoms with E-state index in [1.807, 2.05) is 37.6 Å². The molecule has 0 spiro atoms. The molecule has 2 rings (SSSR count). The SMILES string of the molecule is C#CC(C)(C)NC(=O)C(Oc1cc(C)c2ncc(I)cc2c1)SC. The summed E-state index contributed by atoms with van der Waals surface area (Å²) in [5.74, 6) is 2.94. The van der Waals surface area contributed by atoms with Gasteiger partial charge in [0.2, 0.25) is 5.44 Å². The van der Waals surface area contributed by atoms with Gasteiger partial charge in [0.05, 0.1) is 11.1 Å². The number of carbonyl (C=O) groups is 1. The van der Waals surface area contributed by atoms with E-state index in [2.05, 4.69) is 38.8 Å². The number of hydrogen-bond acceptors (Lipinski definition) is 4. The van der Waals surface area contributed by atoms with Crippen LogP contribution in [0.5, 0.6) is 5.75 Å². The molecule has 1 N–H and O–H groups in total. The average Bonchev–Trinajstić information content (AvgIpc) is 2.51. The number of amides is 1. The molecule has 0 saturated carbocycles. The maximum absolute atomic E-state index is 12.4. The van der Waals surface area contributed by atoms with Crippen LogP contribution in [0, 0.1) is 22.8 Å². The minimum Gasteiger partial charge on any atom is -0.470 e. The van der Waals surface area contributed by atoms with Gasteiger partial charge >= 0.3 is 0 Å². The van der Waals surface area contributed by atoms with E-state index in [-0.39, 0.29) is 5.91 Å². The van der Waals surface area contributed by atoms with Crippen molar-refractivity contribution >= 4 is 51.2 Å². The highest BCUT2D eigenvalue weighted by Gasteiger charge is 2.25. The molecule has 0 aliphatic rings. The van der Waals surface area contributed by atoms with Crippen LogP contribution >= 0.6 is 34.4 Å². The molecule has 1 aromatic heterocycles. The van der Waals surface area contributed by atoms with Gasteiger partial charge in [-0.05, 0) is 73.4 Å². The molecular formula is C18H19IN2O2S. The molecule has 0 saturated heterocycles. The van der Waals surface area contributed by atoms with Gasteiger partial charge in [-0.3, -0.25) is 9.78 Å². The summed E-state index contributed by atoms with van der Waals surface area (Å²) in [5, 5.41) is 3.79. The van der Waals surface area contributed by atoms with E-state index in [1.165, 1.54) is 11.8 Å². The third-order valence-electron chi connectivity index (χ3n) is 3.38. The highest BCUT2D eigenvalue weighted by molar-refractivity contribution is 14.1. The Morgan fingerprint density at radius 2 is 2.17 bits per heavy atom. The fraction of sp³-hybridized carbons (Fsp3) is 0.333. The predicted molar refractivity (Wildman–Crippen MR) is 108 cm³/mol. The van der Waals surface area contributed by atoms with Crippen molar-refractivity contribution in [1.82, 2.24) is 10.3 Å². The van der Waals surface area contributed by atoms with E-state index in [1.54, 1.807) is 13.8 Å². The molecule has 0 fully saturated rings. The summed E-state index contributed by atoms with van der Waals surface area (Å²) in [6.07, 6.45) is 9.08. The topological polar surface area (TPSA) is 51.2 Å². The highest BCUT2D eigenvalue weighted by atomic mass is 127. The second-order valence-corrected chi connectivity index (χ2v) is 8.05. The number of hydrogen-bond donors (Lipinski definition) is 1. The number of thioether (sulfide) groups is 1. The van der Waals surface area contributed by atoms with Crippen LogP contribution in [0.2, 0.25) is 0 Å². The average molecular weight is 454 g/mol. The van der Waals surface area contributed by atoms with E-state index in [0.29, 0.717) is 5.75 Å². The van der Waals surface area contributed by atoms with Crippen molar-refractivity contribution < 1.29 is 9.53 Å². The normalized spacial score (nSPS) is 12.5. The van der Waals surface area contributed by atoms with Gasteiger partial charge in [-0.15, -0.1) is 18.2 Å². The van der Waals surface area contributed by atoms with Gasteiger partial charge in [0.25, 0.3) is 5.91 Å². The Morgan fingerprint density at radius 1 is 1.46 bits per heavy atom. The number of fused-ring (bicyclic) bond motifs is 1. The minimum absolute atomic E-state index is 0.246. The first-order valence-corrected chi connectivity index (χ1v) is 9.67. The molecule has 0 aliphatic carbocycles. The van der Waals surface area contributed by atoms with Gasteiger partial charge < -0.3 is 10.1 Å². The van der Waals surface area contributed by atoms with Crippen molar-refractivity contribution in [3.8, 4) is 18.1 Å². The number of ether oxygens (including phenoxy) is 1. The van der Waals surface area contributed by atoms with Crippen molar-refractivity contribution in [2.24, 2.45) is 0 Å². The van der Waals surface area contributed by atoms with E-state index in [9.17, 15) is 4.79 Å². The second kappa shape index (κ2) is 7.62. The van der Waals surface area contributed by atoms with Crippen molar-refractivity contribution in [1.29, 1.82) is 0 Å². The van der Waals surface area contributed by atoms with Gasteiger partial charge in [0.1, 0.15) is 5.75 Å². The van der Waals surface area contributed by atoms with Gasteiger partial charge in [-0.2, -0.15) is 0 Å². The summed E-state index contributed by atoms with van der Waals surface area (Å²) in [7, 11) is 0. The molecule has 0 aliphatic heterocycles. The van der Waals surface area contributed by atoms with Gasteiger partial charge in [0, 0.05) is 15.2 Å². The van der Waals surface area contributed by atoms with Crippen molar-refractivity contribution in [3.05, 3.63) is 33.5 Å². The summed E-state index contributed by atoms with van der Waals surface area (Å²) in [4.78, 5) is 16.8. The van der Waals surface area contributed by atoms with Crippen LogP contribution in [0.15, 0.2) is 24.4 Å². The first-order valence-electron chi connectivity index (χ1n) is 7.31. The first kappa shape index (κ1) is 18.9. The molecule has 0 radical (unpaired) electrons. The van der Waals surface area contributed by atoms with E-state index < -0.39 is 11.0 Å². The largest absolute Gasteiger partial charge is 0.470 e. The van der Waals surface area contributed by atoms with Crippen LogP contribution in [-0.4, -0.2) is 28.1 Å². The van der Waals surface area contributed by atoms with E-state index in [4.69, 9.17) is 11.2 Å². The first-order chi connectivity index (χ1) is 11.3. The predicted octanol–water partition coefficient (Wildman–Crippen LogP) is 3.74. The molecule has 1 atom stereocenters. The summed E-state index contributed by atoms with van der Waals surface area (Å²) in [6, 6.07) is 5.84. The number of carbonyl (C=O) groups excluding carboxylic acids is 1. The van der Waals surface area contributed by atoms with Crippen LogP contribution in [0.4, 0.5) is 0 Å². The highest BCUT2D eigenvalue weighted by Crippen LogP contribution is 2.27. The second-order valence-electron chi connectivity index (χ2n) is 5.91. The fourth-order valence-electron chi connectivity index (χ4n) is 2.17. The molecule has 1 heterocycles. The number of halogens is 1. The maximum Gasteiger partial charge on any atom is 0.272 e. The zero-order valence-electron chi connectivity index (χ0n) is 14.0. The van der Waals surface area contributed by atoms with Crippen LogP contribution in [0.3, 0.4) is 0 Å². The Hall–Kier alpha value is -1.46. The van der Waals surface area contributed by atoms with Crippen LogP contribution in [-0.2, 0) is 4.79 Å². The number of aromatic nitrogens is 1. The number of nitrogens with zero attached hydrogens (tertiary/aromatic N) is 1. The summed E-state index contributed by atoms with van der Waals surface area (Å²) in [5.41, 5.74) is 0.544. The number of terminal acetylenes is 1. The lowest BCUT2D eigenvalue weighted by molar-refractivity contribution is -0.125. The molecule has 2 aromatic rings. The summed E-state index contributed by atoms with van der Waals surface area (Å²) >= 11 is 3.54. The van der Waals surface area contributed by atoms with Crippen LogP contribution in [0.25, 0.3) is 10.9 Å². The molecule has 0 bridgehead atoms. The van der Waals surface area contributed by atoms with Crippen molar-refractivity contribution in [3.63, 3.8) is 0 Å². The zero-order valence-corrected chi connectivity index (χ0v) is 17.0. The molecule has 126 valence electrons. The van der Waals surface area contributed by atoms with Gasteiger partial charge in [-0.25, -0.2) is 0 Å². The summed E-state index contributed by atoms with van der Waals surface area (Å²) in [6.45, 7) is 5.52. The Bertz CT molecular complexity index is 815. The number of nitrogens with one attached hydrogen (secondary N) is 1. The molecule has 6 heteroatoms. The monoisotopic (exact) mass is 454 g/mol. The van der Waals surface area contributed by atoms with Crippen molar-refractivity contribution in [2.45, 2.75) is 31.7 Å². The quantitative estimate of drug-likeness (QED) is 0.425. The molecule has 4 nitrogen and oxygen atoms in total. The van der Waals surface area contributed by atoms with E-state index >= 15 is 0 Å². The zero-order chi connectivity index (χ0) is 17.9. The molecule has 1 amide bonds. The van der Waals surface area contributed by atoms with Gasteiger partial charge in [0.15, 0.2) is 0 Å². The molecule has 24 heavy (non-hydrogen) atoms. The molecule has 1 aromatic carbocycles. The van der Waals surface area contributed by atoms with Crippen LogP contribution < -0.4 is 10.1 Å². The maximum atomic E-state index is 12.4. The lowest BCUT2D eigenvalue weighted by Gasteiger charge is -2.24. The Morgan fingerprint density at radius 3 is 2.79 bits per heavy atom. The number of pyridine rings is 1. The smallest absolute Gasteiger partial charge is 0.272 e. The van der Waals surface area contributed by atoms with Crippen LogP contribution in [0.1, 0.15) is 19.4 Å². The Labute approximate surface area is 160 Å². The Kier molecular flexibility index (Phi) is 5.99. The third kappa shape index (κ3) is 4.54. The Balaban J connectivity index is 2.26. The minimum atomic E-state index is -0.715. The lowest BCUT2D eigenvalue weighted by atomic mass is 10.1. The number of aryl methyl sites for hydroxylation is 1. The van der Waals surface area contributed by atoms with E-state index in [0.717, 1.165) is 20.0 Å². The molecule has 1 unspecified atom stereocenters. The third-order valence-corrected chi connectivity index (χ3v) is 4.71. The van der Waals surface area contributed by atoms with Crippen molar-refractivity contribution in [2.75, 3.05) is 6.26 Å². The fourth-order valence-corrected chi connectivity index (χ4v) is 3.13. The lowest BCUT2D eigenvalue weighted by Crippen LogP contribution is -2.47. The van der Waals surface area contributed by atoms with Gasteiger partial charge in [-0.1, -0.05) is 5.92 Å². The standard InChI is InChI=1S/C18H19IN2O2S/c1-6-18(3,4)21-16(22)17(24-5)23-14-7-11(2)15-12(9-14)8-13(19)10-20-15/h1,7-10,17H,2-5H3,(H,21,22). The molecular weight excluding hydrogens is 435 g/mol. The number of rotatable bonds is 5.